The van der Waals surface area contributed by atoms with Gasteiger partial charge in [-0.15, -0.1) is 12.4 Å². The molecule has 1 heterocycles. The molecular weight excluding hydrogens is 248 g/mol. The molecule has 1 aliphatic carbocycles. The van der Waals surface area contributed by atoms with Gasteiger partial charge in [-0.2, -0.15) is 0 Å². The SMILES string of the molecule is CNS(=O)(=O)CC1CNCC1C1CCC1.Cl. The molecule has 2 fully saturated rings. The Hall–Kier alpha value is 0.160. The summed E-state index contributed by atoms with van der Waals surface area (Å²) in [5, 5.41) is 3.33. The fourth-order valence-corrected chi connectivity index (χ4v) is 3.82. The molecule has 0 aromatic rings. The summed E-state index contributed by atoms with van der Waals surface area (Å²) in [5.74, 6) is 1.96. The third-order valence-electron chi connectivity index (χ3n) is 3.89. The molecule has 2 unspecified atom stereocenters. The normalized spacial score (nSPS) is 30.8. The second kappa shape index (κ2) is 5.67. The molecule has 0 amide bonds. The molecule has 2 aliphatic rings. The van der Waals surface area contributed by atoms with Crippen LogP contribution in [0.3, 0.4) is 0 Å². The van der Waals surface area contributed by atoms with Gasteiger partial charge in [0, 0.05) is 0 Å². The first-order valence-electron chi connectivity index (χ1n) is 5.74. The van der Waals surface area contributed by atoms with Gasteiger partial charge in [0.15, 0.2) is 0 Å². The van der Waals surface area contributed by atoms with Gasteiger partial charge in [-0.1, -0.05) is 19.3 Å². The molecule has 0 spiro atoms. The van der Waals surface area contributed by atoms with Crippen LogP contribution >= 0.6 is 12.4 Å². The van der Waals surface area contributed by atoms with Crippen molar-refractivity contribution in [2.45, 2.75) is 19.3 Å². The third kappa shape index (κ3) is 3.09. The Labute approximate surface area is 104 Å². The zero-order chi connectivity index (χ0) is 10.9. The lowest BCUT2D eigenvalue weighted by Crippen LogP contribution is -2.34. The Bertz CT molecular complexity index is 317. The Morgan fingerprint density at radius 2 is 2.00 bits per heavy atom. The summed E-state index contributed by atoms with van der Waals surface area (Å²) >= 11 is 0. The number of hydrogen-bond donors (Lipinski definition) is 2. The summed E-state index contributed by atoms with van der Waals surface area (Å²) in [5.41, 5.74) is 0. The van der Waals surface area contributed by atoms with Crippen molar-refractivity contribution < 1.29 is 8.42 Å². The van der Waals surface area contributed by atoms with E-state index in [2.05, 4.69) is 10.0 Å². The maximum Gasteiger partial charge on any atom is 0.211 e. The van der Waals surface area contributed by atoms with Gasteiger partial charge in [0.05, 0.1) is 5.75 Å². The second-order valence-electron chi connectivity index (χ2n) is 4.76. The fraction of sp³-hybridized carbons (Fsp3) is 1.00. The van der Waals surface area contributed by atoms with Gasteiger partial charge < -0.3 is 5.32 Å². The summed E-state index contributed by atoms with van der Waals surface area (Å²) < 4.78 is 25.4. The number of halogens is 1. The molecule has 6 heteroatoms. The van der Waals surface area contributed by atoms with Crippen molar-refractivity contribution in [1.29, 1.82) is 0 Å². The van der Waals surface area contributed by atoms with Gasteiger partial charge >= 0.3 is 0 Å². The average molecular weight is 269 g/mol. The zero-order valence-electron chi connectivity index (χ0n) is 9.61. The van der Waals surface area contributed by atoms with Crippen LogP contribution in [0.15, 0.2) is 0 Å². The highest BCUT2D eigenvalue weighted by Gasteiger charge is 2.38. The third-order valence-corrected chi connectivity index (χ3v) is 5.38. The molecule has 96 valence electrons. The predicted molar refractivity (Wildman–Crippen MR) is 67.3 cm³/mol. The van der Waals surface area contributed by atoms with E-state index in [0.29, 0.717) is 11.8 Å². The Kier molecular flexibility index (Phi) is 5.04. The molecule has 2 N–H and O–H groups in total. The molecule has 2 rings (SSSR count). The van der Waals surface area contributed by atoms with E-state index in [9.17, 15) is 8.42 Å². The van der Waals surface area contributed by atoms with Crippen LogP contribution in [-0.4, -0.2) is 34.3 Å². The van der Waals surface area contributed by atoms with Crippen LogP contribution < -0.4 is 10.0 Å². The number of nitrogens with one attached hydrogen (secondary N) is 2. The molecule has 16 heavy (non-hydrogen) atoms. The lowest BCUT2D eigenvalue weighted by molar-refractivity contribution is 0.187. The minimum Gasteiger partial charge on any atom is -0.316 e. The predicted octanol–water partition coefficient (Wildman–Crippen LogP) is 0.593. The lowest BCUT2D eigenvalue weighted by atomic mass is 9.72. The van der Waals surface area contributed by atoms with Crippen molar-refractivity contribution in [2.75, 3.05) is 25.9 Å². The van der Waals surface area contributed by atoms with Crippen LogP contribution in [-0.2, 0) is 10.0 Å². The van der Waals surface area contributed by atoms with Crippen LogP contribution in [0.1, 0.15) is 19.3 Å². The molecule has 1 saturated carbocycles. The molecule has 0 aromatic carbocycles. The van der Waals surface area contributed by atoms with Gasteiger partial charge in [0.25, 0.3) is 0 Å². The minimum atomic E-state index is -3.04. The maximum absolute atomic E-state index is 11.5. The van der Waals surface area contributed by atoms with Crippen molar-refractivity contribution in [3.8, 4) is 0 Å². The molecular formula is C10H21ClN2O2S. The van der Waals surface area contributed by atoms with E-state index in [1.165, 1.54) is 26.3 Å². The van der Waals surface area contributed by atoms with Crippen LogP contribution in [0.2, 0.25) is 0 Å². The topological polar surface area (TPSA) is 58.2 Å². The Morgan fingerprint density at radius 1 is 1.31 bits per heavy atom. The van der Waals surface area contributed by atoms with Crippen LogP contribution in [0.5, 0.6) is 0 Å². The Balaban J connectivity index is 0.00000128. The quantitative estimate of drug-likeness (QED) is 0.785. The number of rotatable bonds is 4. The van der Waals surface area contributed by atoms with E-state index < -0.39 is 10.0 Å². The van der Waals surface area contributed by atoms with Crippen LogP contribution in [0.4, 0.5) is 0 Å². The van der Waals surface area contributed by atoms with Gasteiger partial charge in [0.2, 0.25) is 10.0 Å². The van der Waals surface area contributed by atoms with Crippen molar-refractivity contribution in [2.24, 2.45) is 17.8 Å². The first-order valence-corrected chi connectivity index (χ1v) is 7.39. The monoisotopic (exact) mass is 268 g/mol. The fourth-order valence-electron chi connectivity index (χ4n) is 2.72. The van der Waals surface area contributed by atoms with Crippen LogP contribution in [0.25, 0.3) is 0 Å². The molecule has 2 atom stereocenters. The van der Waals surface area contributed by atoms with Gasteiger partial charge in [-0.25, -0.2) is 13.1 Å². The van der Waals surface area contributed by atoms with Crippen molar-refractivity contribution in [1.82, 2.24) is 10.0 Å². The van der Waals surface area contributed by atoms with E-state index in [0.717, 1.165) is 19.0 Å². The molecule has 1 saturated heterocycles. The second-order valence-corrected chi connectivity index (χ2v) is 6.73. The first-order chi connectivity index (χ1) is 7.12. The summed E-state index contributed by atoms with van der Waals surface area (Å²) in [7, 11) is -1.55. The average Bonchev–Trinajstić information content (AvgIpc) is 2.50. The Morgan fingerprint density at radius 3 is 2.50 bits per heavy atom. The van der Waals surface area contributed by atoms with Gasteiger partial charge in [-0.3, -0.25) is 0 Å². The number of hydrogen-bond acceptors (Lipinski definition) is 3. The van der Waals surface area contributed by atoms with Crippen molar-refractivity contribution in [3.63, 3.8) is 0 Å². The van der Waals surface area contributed by atoms with Crippen molar-refractivity contribution >= 4 is 22.4 Å². The maximum atomic E-state index is 11.5. The smallest absolute Gasteiger partial charge is 0.211 e. The van der Waals surface area contributed by atoms with Gasteiger partial charge in [0.1, 0.15) is 0 Å². The molecule has 0 bridgehead atoms. The highest BCUT2D eigenvalue weighted by atomic mass is 35.5. The van der Waals surface area contributed by atoms with Crippen LogP contribution in [0, 0.1) is 17.8 Å². The van der Waals surface area contributed by atoms with E-state index >= 15 is 0 Å². The van der Waals surface area contributed by atoms with Gasteiger partial charge in [-0.05, 0) is 37.9 Å². The molecule has 0 radical (unpaired) electrons. The molecule has 0 aromatic heterocycles. The first kappa shape index (κ1) is 14.2. The van der Waals surface area contributed by atoms with E-state index in [4.69, 9.17) is 0 Å². The standard InChI is InChI=1S/C10H20N2O2S.ClH/c1-11-15(13,14)7-9-5-12-6-10(9)8-3-2-4-8;/h8-12H,2-7H2,1H3;1H. The summed E-state index contributed by atoms with van der Waals surface area (Å²) in [4.78, 5) is 0. The largest absolute Gasteiger partial charge is 0.316 e. The molecule has 4 nitrogen and oxygen atoms in total. The lowest BCUT2D eigenvalue weighted by Gasteiger charge is -2.34. The van der Waals surface area contributed by atoms with E-state index in [-0.39, 0.29) is 18.2 Å². The number of sulfonamides is 1. The zero-order valence-corrected chi connectivity index (χ0v) is 11.2. The van der Waals surface area contributed by atoms with E-state index in [1.807, 2.05) is 0 Å². The highest BCUT2D eigenvalue weighted by Crippen LogP contribution is 2.39. The summed E-state index contributed by atoms with van der Waals surface area (Å²) in [6.45, 7) is 1.87. The van der Waals surface area contributed by atoms with Crippen molar-refractivity contribution in [3.05, 3.63) is 0 Å². The summed E-state index contributed by atoms with van der Waals surface area (Å²) in [6, 6.07) is 0. The van der Waals surface area contributed by atoms with E-state index in [1.54, 1.807) is 0 Å². The highest BCUT2D eigenvalue weighted by molar-refractivity contribution is 7.89. The minimum absolute atomic E-state index is 0. The molecule has 1 aliphatic heterocycles. The summed E-state index contributed by atoms with van der Waals surface area (Å²) in [6.07, 6.45) is 3.91.